The lowest BCUT2D eigenvalue weighted by Gasteiger charge is -2.16. The Kier molecular flexibility index (Phi) is 6.30. The molecule has 0 amide bonds. The van der Waals surface area contributed by atoms with E-state index >= 15 is 0 Å². The van der Waals surface area contributed by atoms with Crippen LogP contribution in [0.2, 0.25) is 0 Å². The monoisotopic (exact) mass is 469 g/mol. The quantitative estimate of drug-likeness (QED) is 0.260. The van der Waals surface area contributed by atoms with E-state index in [1.54, 1.807) is 6.07 Å². The Hall–Kier alpha value is -3.47. The molecule has 0 radical (unpaired) electrons. The van der Waals surface area contributed by atoms with Crippen molar-refractivity contribution in [3.63, 3.8) is 0 Å². The molecule has 178 valence electrons. The van der Waals surface area contributed by atoms with Crippen molar-refractivity contribution < 1.29 is 22.4 Å². The Morgan fingerprint density at radius 2 is 1.94 bits per heavy atom. The normalized spacial score (nSPS) is 12.4. The van der Waals surface area contributed by atoms with Crippen LogP contribution in [0.3, 0.4) is 0 Å². The fraction of sp³-hybridized carbons (Fsp3) is 0.385. The van der Waals surface area contributed by atoms with E-state index in [9.17, 15) is 18.4 Å². The van der Waals surface area contributed by atoms with Gasteiger partial charge in [0.25, 0.3) is 0 Å². The number of hydrogen-bond donors (Lipinski definition) is 0. The third kappa shape index (κ3) is 4.47. The summed E-state index contributed by atoms with van der Waals surface area (Å²) in [4.78, 5) is 0. The largest absolute Gasteiger partial charge is 0.493 e. The number of alkyl halides is 3. The average molecular weight is 470 g/mol. The van der Waals surface area contributed by atoms with E-state index in [4.69, 9.17) is 9.26 Å². The van der Waals surface area contributed by atoms with Gasteiger partial charge in [0.15, 0.2) is 11.3 Å². The minimum atomic E-state index is -4.57. The van der Waals surface area contributed by atoms with Crippen LogP contribution in [0, 0.1) is 11.3 Å². The van der Waals surface area contributed by atoms with Gasteiger partial charge in [-0.2, -0.15) is 18.4 Å². The Balaban J connectivity index is 1.46. The van der Waals surface area contributed by atoms with E-state index < -0.39 is 17.3 Å². The number of fused-ring (bicyclic) bond motifs is 2. The van der Waals surface area contributed by atoms with E-state index in [0.717, 1.165) is 29.4 Å². The predicted octanol–water partition coefficient (Wildman–Crippen LogP) is 7.02. The third-order valence-electron chi connectivity index (χ3n) is 6.04. The van der Waals surface area contributed by atoms with Gasteiger partial charge in [-0.1, -0.05) is 24.6 Å². The minimum absolute atomic E-state index is 0.0407. The van der Waals surface area contributed by atoms with E-state index in [1.807, 2.05) is 51.2 Å². The lowest BCUT2D eigenvalue weighted by molar-refractivity contribution is -0.141. The Morgan fingerprint density at radius 1 is 1.15 bits per heavy atom. The molecule has 2 aromatic heterocycles. The average Bonchev–Trinajstić information content (AvgIpc) is 3.42. The molecule has 0 atom stereocenters. The first-order valence-corrected chi connectivity index (χ1v) is 11.3. The summed E-state index contributed by atoms with van der Waals surface area (Å²) in [5.41, 5.74) is 1.25. The molecule has 0 saturated carbocycles. The van der Waals surface area contributed by atoms with Crippen molar-refractivity contribution in [3.8, 4) is 11.8 Å². The van der Waals surface area contributed by atoms with Gasteiger partial charge in [-0.05, 0) is 68.0 Å². The van der Waals surface area contributed by atoms with E-state index in [1.165, 1.54) is 6.07 Å². The van der Waals surface area contributed by atoms with Crippen molar-refractivity contribution in [1.82, 2.24) is 9.72 Å². The molecule has 5 nitrogen and oxygen atoms in total. The van der Waals surface area contributed by atoms with Gasteiger partial charge in [0.1, 0.15) is 5.75 Å². The van der Waals surface area contributed by atoms with Crippen LogP contribution in [0.15, 0.2) is 47.1 Å². The molecule has 0 saturated heterocycles. The van der Waals surface area contributed by atoms with Crippen molar-refractivity contribution in [2.75, 3.05) is 6.61 Å². The highest BCUT2D eigenvalue weighted by molar-refractivity contribution is 5.85. The number of aryl methyl sites for hydroxylation is 2. The van der Waals surface area contributed by atoms with Crippen molar-refractivity contribution in [2.45, 2.75) is 58.2 Å². The van der Waals surface area contributed by atoms with E-state index in [0.29, 0.717) is 30.8 Å². The first-order valence-electron chi connectivity index (χ1n) is 11.3. The van der Waals surface area contributed by atoms with Gasteiger partial charge < -0.3 is 13.8 Å². The number of aromatic nitrogens is 2. The van der Waals surface area contributed by atoms with Gasteiger partial charge in [0, 0.05) is 23.8 Å². The molecule has 4 aromatic rings. The molecule has 2 aromatic carbocycles. The molecule has 0 bridgehead atoms. The lowest BCUT2D eigenvalue weighted by Crippen LogP contribution is -2.13. The SMILES string of the molecule is CCCc1c(OCCCn2ccc3cc(C(C)(C)C#N)ccc32)ccc2c(C(F)(F)F)noc12. The van der Waals surface area contributed by atoms with Gasteiger partial charge in [0.05, 0.1) is 23.5 Å². The van der Waals surface area contributed by atoms with Crippen LogP contribution in [0.5, 0.6) is 5.75 Å². The summed E-state index contributed by atoms with van der Waals surface area (Å²) in [5, 5.41) is 13.7. The first-order chi connectivity index (χ1) is 16.2. The molecular formula is C26H26F3N3O2. The highest BCUT2D eigenvalue weighted by Crippen LogP contribution is 2.38. The van der Waals surface area contributed by atoms with Crippen LogP contribution in [0.4, 0.5) is 13.2 Å². The summed E-state index contributed by atoms with van der Waals surface area (Å²) in [5.74, 6) is 0.528. The molecule has 0 N–H and O–H groups in total. The summed E-state index contributed by atoms with van der Waals surface area (Å²) in [6.07, 6.45) is -0.583. The van der Waals surface area contributed by atoms with Crippen molar-refractivity contribution in [2.24, 2.45) is 0 Å². The number of rotatable bonds is 8. The molecule has 34 heavy (non-hydrogen) atoms. The Bertz CT molecular complexity index is 1360. The first kappa shape index (κ1) is 23.7. The fourth-order valence-corrected chi connectivity index (χ4v) is 4.13. The maximum absolute atomic E-state index is 13.2. The second kappa shape index (κ2) is 9.05. The zero-order chi connectivity index (χ0) is 24.5. The number of hydrogen-bond acceptors (Lipinski definition) is 4. The van der Waals surface area contributed by atoms with Gasteiger partial charge in [0.2, 0.25) is 0 Å². The van der Waals surface area contributed by atoms with Crippen LogP contribution in [0.25, 0.3) is 21.9 Å². The predicted molar refractivity (Wildman–Crippen MR) is 124 cm³/mol. The fourth-order valence-electron chi connectivity index (χ4n) is 4.13. The second-order valence-corrected chi connectivity index (χ2v) is 8.92. The van der Waals surface area contributed by atoms with Gasteiger partial charge in [-0.15, -0.1) is 0 Å². The molecular weight excluding hydrogens is 443 g/mol. The minimum Gasteiger partial charge on any atom is -0.493 e. The molecule has 0 fully saturated rings. The summed E-state index contributed by atoms with van der Waals surface area (Å²) < 4.78 is 52.7. The van der Waals surface area contributed by atoms with Crippen LogP contribution >= 0.6 is 0 Å². The molecule has 8 heteroatoms. The maximum Gasteiger partial charge on any atom is 0.437 e. The molecule has 2 heterocycles. The smallest absolute Gasteiger partial charge is 0.437 e. The third-order valence-corrected chi connectivity index (χ3v) is 6.04. The van der Waals surface area contributed by atoms with Crippen molar-refractivity contribution >= 4 is 21.9 Å². The Morgan fingerprint density at radius 3 is 2.65 bits per heavy atom. The van der Waals surface area contributed by atoms with Crippen LogP contribution in [-0.2, 0) is 24.6 Å². The summed E-state index contributed by atoms with van der Waals surface area (Å²) in [7, 11) is 0. The lowest BCUT2D eigenvalue weighted by atomic mass is 9.86. The summed E-state index contributed by atoms with van der Waals surface area (Å²) >= 11 is 0. The number of ether oxygens (including phenoxy) is 1. The van der Waals surface area contributed by atoms with Crippen LogP contribution in [-0.4, -0.2) is 16.3 Å². The zero-order valence-electron chi connectivity index (χ0n) is 19.4. The molecule has 4 rings (SSSR count). The standard InChI is InChI=1S/C26H26F3N3O2/c1-4-6-19-22(10-8-20-23(19)34-31-24(20)26(27,28)29)33-14-5-12-32-13-11-17-15-18(7-9-21(17)32)25(2,3)16-30/h7-11,13,15H,4-6,12,14H2,1-3H3. The highest BCUT2D eigenvalue weighted by Gasteiger charge is 2.37. The van der Waals surface area contributed by atoms with Gasteiger partial charge in [-0.25, -0.2) is 0 Å². The number of benzene rings is 2. The maximum atomic E-state index is 13.2. The number of nitriles is 1. The van der Waals surface area contributed by atoms with E-state index in [2.05, 4.69) is 15.8 Å². The van der Waals surface area contributed by atoms with Crippen molar-refractivity contribution in [3.05, 3.63) is 59.4 Å². The Labute approximate surface area is 195 Å². The zero-order valence-corrected chi connectivity index (χ0v) is 19.4. The number of nitrogens with zero attached hydrogens (tertiary/aromatic N) is 3. The van der Waals surface area contributed by atoms with E-state index in [-0.39, 0.29) is 11.0 Å². The van der Waals surface area contributed by atoms with Gasteiger partial charge >= 0.3 is 6.18 Å². The highest BCUT2D eigenvalue weighted by atomic mass is 19.4. The summed E-state index contributed by atoms with van der Waals surface area (Å²) in [6, 6.07) is 13.4. The van der Waals surface area contributed by atoms with Crippen LogP contribution in [0.1, 0.15) is 50.4 Å². The molecule has 0 aliphatic heterocycles. The molecule has 0 unspecified atom stereocenters. The molecule has 0 aliphatic carbocycles. The van der Waals surface area contributed by atoms with Crippen molar-refractivity contribution in [1.29, 1.82) is 5.26 Å². The number of halogens is 3. The topological polar surface area (TPSA) is 64.0 Å². The molecule has 0 spiro atoms. The second-order valence-electron chi connectivity index (χ2n) is 8.92. The van der Waals surface area contributed by atoms with Gasteiger partial charge in [-0.3, -0.25) is 0 Å². The molecule has 0 aliphatic rings. The summed E-state index contributed by atoms with van der Waals surface area (Å²) in [6.45, 7) is 6.87. The van der Waals surface area contributed by atoms with Crippen LogP contribution < -0.4 is 4.74 Å².